The van der Waals surface area contributed by atoms with Crippen LogP contribution < -0.4 is 5.32 Å². The Bertz CT molecular complexity index is 925. The molecule has 1 N–H and O–H groups in total. The molecule has 0 aliphatic rings. The molecule has 0 spiro atoms. The number of nitrogens with zero attached hydrogens (tertiary/aromatic N) is 5. The predicted molar refractivity (Wildman–Crippen MR) is 81.5 cm³/mol. The fraction of sp³-hybridized carbons (Fsp3) is 0.143. The Morgan fingerprint density at radius 2 is 2.24 bits per heavy atom. The van der Waals surface area contributed by atoms with Crippen molar-refractivity contribution in [2.75, 3.05) is 5.32 Å². The van der Waals surface area contributed by atoms with Gasteiger partial charge in [0.1, 0.15) is 0 Å². The van der Waals surface area contributed by atoms with Crippen LogP contribution in [0.2, 0.25) is 0 Å². The predicted octanol–water partition coefficient (Wildman–Crippen LogP) is 1.65. The third kappa shape index (κ3) is 2.30. The van der Waals surface area contributed by atoms with Gasteiger partial charge in [-0.3, -0.25) is 0 Å². The summed E-state index contributed by atoms with van der Waals surface area (Å²) in [5.41, 5.74) is 5.89. The van der Waals surface area contributed by atoms with Crippen molar-refractivity contribution >= 4 is 37.3 Å². The van der Waals surface area contributed by atoms with E-state index in [-0.39, 0.29) is 15.0 Å². The number of hydrogen-bond acceptors (Lipinski definition) is 5. The van der Waals surface area contributed by atoms with Crippen LogP contribution >= 0.6 is 0 Å². The summed E-state index contributed by atoms with van der Waals surface area (Å²) in [4.78, 5) is 4.41. The molecule has 7 heteroatoms. The van der Waals surface area contributed by atoms with Crippen LogP contribution in [0.15, 0.2) is 36.7 Å². The summed E-state index contributed by atoms with van der Waals surface area (Å²) in [5.74, 6) is 0. The van der Waals surface area contributed by atoms with Gasteiger partial charge in [0.15, 0.2) is 0 Å². The minimum absolute atomic E-state index is 0.00678. The Kier molecular flexibility index (Phi) is 2.94. The van der Waals surface area contributed by atoms with Gasteiger partial charge in [0.2, 0.25) is 0 Å². The third-order valence-electron chi connectivity index (χ3n) is 3.26. The minimum atomic E-state index is -0.00678. The van der Waals surface area contributed by atoms with Crippen molar-refractivity contribution in [3.05, 3.63) is 47.9 Å². The second-order valence-corrected chi connectivity index (χ2v) is 5.95. The normalized spacial score (nSPS) is 11.3. The van der Waals surface area contributed by atoms with E-state index in [2.05, 4.69) is 23.4 Å². The van der Waals surface area contributed by atoms with Crippen molar-refractivity contribution in [1.29, 1.82) is 0 Å². The second kappa shape index (κ2) is 4.95. The summed E-state index contributed by atoms with van der Waals surface area (Å²) in [6, 6.07) is 7.99. The molecule has 0 amide bonds. The Morgan fingerprint density at radius 3 is 3.19 bits per heavy atom. The Hall–Kier alpha value is -2.24. The van der Waals surface area contributed by atoms with Crippen LogP contribution in [0.3, 0.4) is 0 Å². The van der Waals surface area contributed by atoms with E-state index >= 15 is 0 Å². The average molecular weight is 343 g/mol. The zero-order chi connectivity index (χ0) is 14.2. The molecule has 0 saturated carbocycles. The number of fused-ring (bicyclic) bond motifs is 2. The van der Waals surface area contributed by atoms with Crippen molar-refractivity contribution < 1.29 is 0 Å². The quantitative estimate of drug-likeness (QED) is 0.573. The second-order valence-electron chi connectivity index (χ2n) is 4.84. The molecule has 0 radical (unpaired) electrons. The van der Waals surface area contributed by atoms with E-state index in [0.717, 1.165) is 33.6 Å². The molecule has 1 aromatic carbocycles. The Balaban J connectivity index is 1.61. The van der Waals surface area contributed by atoms with Gasteiger partial charge in [-0.2, -0.15) is 0 Å². The van der Waals surface area contributed by atoms with Crippen LogP contribution in [0.1, 0.15) is 11.3 Å². The first kappa shape index (κ1) is 12.5. The van der Waals surface area contributed by atoms with Gasteiger partial charge in [-0.25, -0.2) is 0 Å². The number of aromatic nitrogens is 5. The van der Waals surface area contributed by atoms with E-state index in [1.165, 1.54) is 0 Å². The van der Waals surface area contributed by atoms with Crippen LogP contribution in [0.5, 0.6) is 0 Å². The van der Waals surface area contributed by atoms with Gasteiger partial charge < -0.3 is 0 Å². The molecule has 3 aromatic heterocycles. The molecule has 0 fully saturated rings. The number of rotatable bonds is 3. The molecule has 0 saturated heterocycles. The van der Waals surface area contributed by atoms with E-state index in [9.17, 15) is 0 Å². The van der Waals surface area contributed by atoms with Crippen molar-refractivity contribution in [2.45, 2.75) is 13.5 Å². The molecule has 0 bridgehead atoms. The maximum absolute atomic E-state index is 4.46. The fourth-order valence-corrected chi connectivity index (χ4v) is 3.42. The van der Waals surface area contributed by atoms with Crippen molar-refractivity contribution in [3.8, 4) is 0 Å². The Labute approximate surface area is 127 Å². The molecule has 4 rings (SSSR count). The summed E-state index contributed by atoms with van der Waals surface area (Å²) in [7, 11) is 0. The molecular formula is C14H12N6Se. The summed E-state index contributed by atoms with van der Waals surface area (Å²) in [6.45, 7) is 2.65. The summed E-state index contributed by atoms with van der Waals surface area (Å²) in [6.07, 6.45) is 3.87. The summed E-state index contributed by atoms with van der Waals surface area (Å²) >= 11 is -0.00678. The molecule has 0 aliphatic heterocycles. The van der Waals surface area contributed by atoms with Gasteiger partial charge in [-0.05, 0) is 0 Å². The molecule has 0 unspecified atom stereocenters. The van der Waals surface area contributed by atoms with E-state index in [1.807, 2.05) is 48.1 Å². The van der Waals surface area contributed by atoms with Gasteiger partial charge in [-0.15, -0.1) is 0 Å². The number of aryl methyl sites for hydroxylation is 1. The van der Waals surface area contributed by atoms with Gasteiger partial charge in [0.25, 0.3) is 0 Å². The van der Waals surface area contributed by atoms with Crippen LogP contribution in [0.4, 0.5) is 5.69 Å². The van der Waals surface area contributed by atoms with Crippen LogP contribution in [-0.4, -0.2) is 37.5 Å². The first-order valence-electron chi connectivity index (χ1n) is 6.56. The van der Waals surface area contributed by atoms with Crippen molar-refractivity contribution in [1.82, 2.24) is 22.6 Å². The molecule has 21 heavy (non-hydrogen) atoms. The number of nitrogens with one attached hydrogen (secondary N) is 1. The van der Waals surface area contributed by atoms with Crippen LogP contribution in [-0.2, 0) is 6.54 Å². The molecule has 0 atom stereocenters. The maximum atomic E-state index is 4.46. The Morgan fingerprint density at radius 1 is 1.29 bits per heavy atom. The molecule has 0 aliphatic carbocycles. The monoisotopic (exact) mass is 344 g/mol. The van der Waals surface area contributed by atoms with Crippen molar-refractivity contribution in [3.63, 3.8) is 0 Å². The van der Waals surface area contributed by atoms with Crippen molar-refractivity contribution in [2.24, 2.45) is 0 Å². The van der Waals surface area contributed by atoms with Gasteiger partial charge in [-0.1, -0.05) is 0 Å². The van der Waals surface area contributed by atoms with Gasteiger partial charge >= 0.3 is 127 Å². The molecule has 3 heterocycles. The topological polar surface area (TPSA) is 68.0 Å². The van der Waals surface area contributed by atoms with Crippen LogP contribution in [0.25, 0.3) is 16.7 Å². The molecule has 104 valence electrons. The third-order valence-corrected chi connectivity index (χ3v) is 4.40. The van der Waals surface area contributed by atoms with E-state index in [1.54, 1.807) is 0 Å². The van der Waals surface area contributed by atoms with Gasteiger partial charge in [0.05, 0.1) is 0 Å². The van der Waals surface area contributed by atoms with E-state index in [0.29, 0.717) is 6.54 Å². The summed E-state index contributed by atoms with van der Waals surface area (Å²) < 4.78 is 10.7. The standard InChI is InChI=1S/C14H12N6Se/c1-9-5-13-16-7-10(8-20(13)17-9)6-15-11-3-2-4-12-14(11)19-21-18-12/h2-5,7-8,15H,6H2,1H3. The number of benzene rings is 1. The van der Waals surface area contributed by atoms with Crippen LogP contribution in [0, 0.1) is 6.92 Å². The average Bonchev–Trinajstić information content (AvgIpc) is 3.09. The zero-order valence-electron chi connectivity index (χ0n) is 11.3. The molecule has 6 nitrogen and oxygen atoms in total. The first-order chi connectivity index (χ1) is 10.3. The number of hydrogen-bond donors (Lipinski definition) is 1. The summed E-state index contributed by atoms with van der Waals surface area (Å²) in [5, 5.41) is 7.79. The zero-order valence-corrected chi connectivity index (χ0v) is 13.0. The van der Waals surface area contributed by atoms with Gasteiger partial charge in [0, 0.05) is 0 Å². The SMILES string of the molecule is Cc1cc2ncc(CNc3cccc4n[se]nc34)cn2n1. The molecular weight excluding hydrogens is 331 g/mol. The molecule has 4 aromatic rings. The first-order valence-corrected chi connectivity index (χ1v) is 8.09. The van der Waals surface area contributed by atoms with E-state index < -0.39 is 0 Å². The number of anilines is 1. The van der Waals surface area contributed by atoms with E-state index in [4.69, 9.17) is 0 Å². The fourth-order valence-electron chi connectivity index (χ4n) is 2.27.